The molecule has 0 bridgehead atoms. The van der Waals surface area contributed by atoms with Crippen molar-refractivity contribution in [3.8, 4) is 11.5 Å². The molecular formula is C56H82FN3O8. The van der Waals surface area contributed by atoms with Crippen LogP contribution in [0.2, 0.25) is 0 Å². The lowest BCUT2D eigenvalue weighted by molar-refractivity contribution is -0.258. The van der Waals surface area contributed by atoms with Gasteiger partial charge in [-0.05, 0) is 97.7 Å². The molecule has 2 aromatic carbocycles. The van der Waals surface area contributed by atoms with E-state index in [2.05, 4.69) is 24.9 Å². The Morgan fingerprint density at radius 1 is 0.912 bits per heavy atom. The Labute approximate surface area is 406 Å². The Morgan fingerprint density at radius 3 is 2.28 bits per heavy atom. The second-order valence-corrected chi connectivity index (χ2v) is 19.8. The monoisotopic (exact) mass is 944 g/mol. The smallest absolute Gasteiger partial charge is 0.412 e. The van der Waals surface area contributed by atoms with Crippen molar-refractivity contribution in [1.82, 2.24) is 10.2 Å². The predicted octanol–water partition coefficient (Wildman–Crippen LogP) is 12.1. The summed E-state index contributed by atoms with van der Waals surface area (Å²) in [5.41, 5.74) is 3.27. The van der Waals surface area contributed by atoms with E-state index in [0.29, 0.717) is 48.9 Å². The van der Waals surface area contributed by atoms with Crippen LogP contribution in [0.4, 0.5) is 9.18 Å². The second kappa shape index (κ2) is 27.8. The summed E-state index contributed by atoms with van der Waals surface area (Å²) in [6.45, 7) is 7.33. The fourth-order valence-corrected chi connectivity index (χ4v) is 11.7. The average molecular weight is 944 g/mol. The lowest BCUT2D eigenvalue weighted by Gasteiger charge is -2.60. The molecule has 12 heteroatoms. The number of hydrogen-bond acceptors (Lipinski definition) is 9. The molecule has 0 radical (unpaired) electrons. The Kier molecular flexibility index (Phi) is 21.7. The lowest BCUT2D eigenvalue weighted by Crippen LogP contribution is -2.70. The number of halogens is 1. The van der Waals surface area contributed by atoms with Crippen molar-refractivity contribution in [2.24, 2.45) is 28.8 Å². The molecule has 68 heavy (non-hydrogen) atoms. The number of nitrogens with zero attached hydrogens (tertiary/aromatic N) is 2. The lowest BCUT2D eigenvalue weighted by atomic mass is 9.55. The molecule has 0 spiro atoms. The molecule has 3 N–H and O–H groups in total. The van der Waals surface area contributed by atoms with Gasteiger partial charge >= 0.3 is 6.09 Å². The summed E-state index contributed by atoms with van der Waals surface area (Å²) >= 11 is 0. The Bertz CT molecular complexity index is 1930. The van der Waals surface area contributed by atoms with E-state index in [1.807, 2.05) is 17.0 Å². The molecule has 0 saturated heterocycles. The van der Waals surface area contributed by atoms with E-state index in [0.717, 1.165) is 80.9 Å². The summed E-state index contributed by atoms with van der Waals surface area (Å²) in [6, 6.07) is 11.2. The number of aliphatic hydroxyl groups is 2. The molecule has 4 aliphatic rings. The van der Waals surface area contributed by atoms with Crippen molar-refractivity contribution in [1.29, 1.82) is 0 Å². The van der Waals surface area contributed by atoms with Gasteiger partial charge in [0.25, 0.3) is 0 Å². The van der Waals surface area contributed by atoms with Gasteiger partial charge in [0.05, 0.1) is 18.2 Å². The number of benzene rings is 2. The molecule has 11 nitrogen and oxygen atoms in total. The van der Waals surface area contributed by atoms with E-state index < -0.39 is 23.8 Å². The topological polar surface area (TPSA) is 139 Å². The van der Waals surface area contributed by atoms with Gasteiger partial charge in [-0.2, -0.15) is 0 Å². The van der Waals surface area contributed by atoms with Crippen LogP contribution in [0.15, 0.2) is 71.9 Å². The van der Waals surface area contributed by atoms with E-state index in [4.69, 9.17) is 24.2 Å². The molecule has 3 aliphatic carbocycles. The zero-order valence-electron chi connectivity index (χ0n) is 41.3. The van der Waals surface area contributed by atoms with Gasteiger partial charge in [-0.3, -0.25) is 4.79 Å². The molecule has 2 aromatic rings. The third-order valence-corrected chi connectivity index (χ3v) is 15.1. The van der Waals surface area contributed by atoms with Crippen molar-refractivity contribution in [3.63, 3.8) is 0 Å². The Hall–Kier alpha value is -4.26. The van der Waals surface area contributed by atoms with Crippen molar-refractivity contribution < 1.29 is 43.2 Å². The molecular weight excluding hydrogens is 862 g/mol. The quantitative estimate of drug-likeness (QED) is 0.0400. The third kappa shape index (κ3) is 14.2. The first-order chi connectivity index (χ1) is 33.3. The number of amides is 2. The van der Waals surface area contributed by atoms with Crippen LogP contribution in [0.3, 0.4) is 0 Å². The van der Waals surface area contributed by atoms with Crippen LogP contribution in [-0.4, -0.2) is 78.1 Å². The van der Waals surface area contributed by atoms with E-state index in [1.165, 1.54) is 77.0 Å². The van der Waals surface area contributed by atoms with Gasteiger partial charge in [-0.25, -0.2) is 9.18 Å². The minimum Gasteiger partial charge on any atom is -0.459 e. The van der Waals surface area contributed by atoms with Crippen LogP contribution in [0.25, 0.3) is 0 Å². The number of hydrogen-bond donors (Lipinski definition) is 3. The van der Waals surface area contributed by atoms with Gasteiger partial charge in [0.2, 0.25) is 11.7 Å². The highest BCUT2D eigenvalue weighted by molar-refractivity contribution is 6.03. The van der Waals surface area contributed by atoms with E-state index in [9.17, 15) is 19.4 Å². The zero-order valence-corrected chi connectivity index (χ0v) is 41.3. The number of ether oxygens (including phenoxy) is 3. The molecule has 2 saturated carbocycles. The SMILES string of the molecule is C=CCOC12Oc3ccc(OC(=O)NCCCCCCCCCCCC)cc3C3C(CCCCO)C(CCCCO)C=C(C(=NOC)CC1N(Cc1ccc(F)cc1)C(=O)CCC1CCCC1)C32. The number of nitrogens with one attached hydrogen (secondary N) is 1. The van der Waals surface area contributed by atoms with Gasteiger partial charge in [0.1, 0.15) is 30.5 Å². The van der Waals surface area contributed by atoms with Gasteiger partial charge in [-0.15, -0.1) is 6.58 Å². The molecule has 6 atom stereocenters. The standard InChI is InChI=1S/C56H82FN3O8/c1-4-6-7-8-9-10-11-12-13-18-33-58-55(64)67-45-30-31-50-48(38-45)53-46(24-17-20-35-62)43(23-16-19-34-61)37-47-49(59-65-3)39-51(56(68-50,54(47)53)66-36-5-2)60(40-42-25-28-44(57)29-26-42)52(63)32-27-41-21-14-15-22-41/h5,25-26,28-31,37-38,41,43,46,51,53-54,61-62H,2,4,6-24,27,32-36,39-40H2,1,3H3,(H,58,64). The molecule has 2 fully saturated rings. The van der Waals surface area contributed by atoms with Crippen molar-refractivity contribution in [2.75, 3.05) is 33.5 Å². The maximum Gasteiger partial charge on any atom is 0.412 e. The van der Waals surface area contributed by atoms with E-state index >= 15 is 4.79 Å². The first kappa shape index (κ1) is 53.1. The maximum atomic E-state index is 15.0. The number of oxime groups is 1. The third-order valence-electron chi connectivity index (χ3n) is 15.1. The second-order valence-electron chi connectivity index (χ2n) is 19.8. The Morgan fingerprint density at radius 2 is 1.60 bits per heavy atom. The van der Waals surface area contributed by atoms with E-state index in [-0.39, 0.29) is 62.3 Å². The first-order valence-electron chi connectivity index (χ1n) is 26.4. The van der Waals surface area contributed by atoms with Gasteiger partial charge in [0, 0.05) is 50.6 Å². The van der Waals surface area contributed by atoms with Crippen LogP contribution >= 0.6 is 0 Å². The van der Waals surface area contributed by atoms with Crippen molar-refractivity contribution in [3.05, 3.63) is 83.7 Å². The number of aliphatic hydroxyl groups excluding tert-OH is 2. The summed E-state index contributed by atoms with van der Waals surface area (Å²) < 4.78 is 34.9. The van der Waals surface area contributed by atoms with Crippen molar-refractivity contribution >= 4 is 17.7 Å². The number of rotatable bonds is 30. The summed E-state index contributed by atoms with van der Waals surface area (Å²) in [5, 5.41) is 27.6. The minimum atomic E-state index is -1.44. The fourth-order valence-electron chi connectivity index (χ4n) is 11.7. The van der Waals surface area contributed by atoms with Crippen LogP contribution in [-0.2, 0) is 20.9 Å². The highest BCUT2D eigenvalue weighted by atomic mass is 19.1. The van der Waals surface area contributed by atoms with Gasteiger partial charge < -0.3 is 39.5 Å². The molecule has 376 valence electrons. The number of carbonyl (C=O) groups is 2. The van der Waals surface area contributed by atoms with Crippen LogP contribution in [0.5, 0.6) is 11.5 Å². The molecule has 2 amide bonds. The highest BCUT2D eigenvalue weighted by Gasteiger charge is 2.65. The molecule has 0 aromatic heterocycles. The Balaban J connectivity index is 1.38. The summed E-state index contributed by atoms with van der Waals surface area (Å²) in [5.74, 6) is -1.08. The maximum absolute atomic E-state index is 15.0. The van der Waals surface area contributed by atoms with E-state index in [1.54, 1.807) is 24.3 Å². The van der Waals surface area contributed by atoms with Crippen molar-refractivity contribution in [2.45, 2.75) is 179 Å². The van der Waals surface area contributed by atoms with Crippen LogP contribution in [0, 0.1) is 29.5 Å². The number of allylic oxidation sites excluding steroid dienone is 1. The molecule has 1 heterocycles. The number of carbonyl (C=O) groups excluding carboxylic acids is 2. The first-order valence-corrected chi connectivity index (χ1v) is 26.4. The van der Waals surface area contributed by atoms with Crippen LogP contribution in [0.1, 0.15) is 172 Å². The summed E-state index contributed by atoms with van der Waals surface area (Å²) in [7, 11) is 1.54. The highest BCUT2D eigenvalue weighted by Crippen LogP contribution is 2.62. The minimum absolute atomic E-state index is 0.00919. The summed E-state index contributed by atoms with van der Waals surface area (Å²) in [6.07, 6.45) is 26.1. The molecule has 6 rings (SSSR count). The van der Waals surface area contributed by atoms with Gasteiger partial charge in [0.15, 0.2) is 0 Å². The van der Waals surface area contributed by atoms with Gasteiger partial charge in [-0.1, -0.05) is 133 Å². The largest absolute Gasteiger partial charge is 0.459 e. The average Bonchev–Trinajstić information content (AvgIpc) is 3.87. The molecule has 1 aliphatic heterocycles. The molecule has 6 unspecified atom stereocenters. The normalized spacial score (nSPS) is 23.6. The van der Waals surface area contributed by atoms with Crippen LogP contribution < -0.4 is 14.8 Å². The summed E-state index contributed by atoms with van der Waals surface area (Å²) in [4.78, 5) is 35.9. The number of fused-ring (bicyclic) bond motifs is 2. The number of unbranched alkanes of at least 4 members (excludes halogenated alkanes) is 11. The zero-order chi connectivity index (χ0) is 48.1. The fraction of sp³-hybridized carbons (Fsp3) is 0.661. The predicted molar refractivity (Wildman–Crippen MR) is 266 cm³/mol.